The quantitative estimate of drug-likeness (QED) is 0.378. The molecular weight excluding hydrogens is 492 g/mol. The molecule has 6 aromatic rings. The molecule has 0 amide bonds. The van der Waals surface area contributed by atoms with Crippen molar-refractivity contribution in [1.82, 2.24) is 39.1 Å². The number of aryl methyl sites for hydroxylation is 1. The predicted octanol–water partition coefficient (Wildman–Crippen LogP) is 3.52. The molecule has 11 heteroatoms. The van der Waals surface area contributed by atoms with Crippen LogP contribution in [0, 0.1) is 18.3 Å². The van der Waals surface area contributed by atoms with Crippen molar-refractivity contribution in [1.29, 1.82) is 5.26 Å². The lowest BCUT2D eigenvalue weighted by atomic mass is 9.84. The number of nitriles is 1. The van der Waals surface area contributed by atoms with Crippen LogP contribution in [0.15, 0.2) is 72.3 Å². The highest BCUT2D eigenvalue weighted by molar-refractivity contribution is 6.01. The van der Waals surface area contributed by atoms with E-state index in [2.05, 4.69) is 31.8 Å². The molecule has 0 spiro atoms. The molecule has 0 radical (unpaired) electrons. The summed E-state index contributed by atoms with van der Waals surface area (Å²) in [7, 11) is 0. The molecule has 0 saturated carbocycles. The Labute approximate surface area is 222 Å². The van der Waals surface area contributed by atoms with E-state index in [9.17, 15) is 4.79 Å². The maximum absolute atomic E-state index is 13.9. The molecule has 5 aromatic heterocycles. The van der Waals surface area contributed by atoms with Gasteiger partial charge in [-0.25, -0.2) is 24.5 Å². The van der Waals surface area contributed by atoms with Crippen LogP contribution in [0.25, 0.3) is 33.4 Å². The fourth-order valence-electron chi connectivity index (χ4n) is 5.42. The number of H-pyrrole nitrogens is 1. The number of rotatable bonds is 4. The van der Waals surface area contributed by atoms with E-state index < -0.39 is 5.54 Å². The maximum Gasteiger partial charge on any atom is 0.282 e. The second kappa shape index (κ2) is 8.32. The molecule has 39 heavy (non-hydrogen) atoms. The summed E-state index contributed by atoms with van der Waals surface area (Å²) < 4.78 is 3.40. The first-order chi connectivity index (χ1) is 19.0. The third-order valence-corrected chi connectivity index (χ3v) is 7.57. The van der Waals surface area contributed by atoms with E-state index in [1.807, 2.05) is 61.8 Å². The second-order valence-electron chi connectivity index (χ2n) is 9.80. The van der Waals surface area contributed by atoms with Crippen LogP contribution in [-0.2, 0) is 5.54 Å². The van der Waals surface area contributed by atoms with Gasteiger partial charge in [0.05, 0.1) is 11.1 Å². The van der Waals surface area contributed by atoms with Crippen molar-refractivity contribution >= 4 is 22.4 Å². The summed E-state index contributed by atoms with van der Waals surface area (Å²) in [6, 6.07) is 13.5. The van der Waals surface area contributed by atoms with Crippen LogP contribution < -0.4 is 10.5 Å². The second-order valence-corrected chi connectivity index (χ2v) is 9.80. The average molecular weight is 515 g/mol. The minimum atomic E-state index is -0.641. The van der Waals surface area contributed by atoms with Gasteiger partial charge in [-0.05, 0) is 44.0 Å². The molecule has 1 aliphatic heterocycles. The van der Waals surface area contributed by atoms with E-state index in [0.29, 0.717) is 29.4 Å². The number of nitrogens with one attached hydrogen (secondary N) is 1. The molecule has 1 atom stereocenters. The summed E-state index contributed by atoms with van der Waals surface area (Å²) in [4.78, 5) is 36.8. The van der Waals surface area contributed by atoms with Gasteiger partial charge in [0.15, 0.2) is 5.82 Å². The van der Waals surface area contributed by atoms with E-state index in [4.69, 9.17) is 15.3 Å². The van der Waals surface area contributed by atoms with E-state index >= 15 is 0 Å². The van der Waals surface area contributed by atoms with Gasteiger partial charge in [-0.2, -0.15) is 10.4 Å². The SMILES string of the molecule is Cc1ccn2nc(C3(C)CCN3c3ncnc4[nH]cc(-c5cnc(C#N)nc5)c34)n(-c3ccccc3)c(=O)c12. The minimum absolute atomic E-state index is 0.103. The Morgan fingerprint density at radius 3 is 2.59 bits per heavy atom. The Morgan fingerprint density at radius 1 is 1.08 bits per heavy atom. The Kier molecular flexibility index (Phi) is 4.87. The molecule has 0 bridgehead atoms. The summed E-state index contributed by atoms with van der Waals surface area (Å²) in [5.74, 6) is 1.44. The summed E-state index contributed by atoms with van der Waals surface area (Å²) in [5, 5.41) is 14.9. The van der Waals surface area contributed by atoms with Gasteiger partial charge in [0.2, 0.25) is 5.82 Å². The lowest BCUT2D eigenvalue weighted by molar-refractivity contribution is 0.278. The van der Waals surface area contributed by atoms with Gasteiger partial charge in [-0.15, -0.1) is 0 Å². The number of para-hydroxylation sites is 1. The molecule has 7 rings (SSSR count). The first-order valence-corrected chi connectivity index (χ1v) is 12.5. The van der Waals surface area contributed by atoms with Gasteiger partial charge in [-0.1, -0.05) is 18.2 Å². The van der Waals surface area contributed by atoms with Crippen LogP contribution >= 0.6 is 0 Å². The van der Waals surface area contributed by atoms with Crippen LogP contribution in [0.4, 0.5) is 5.82 Å². The third-order valence-electron chi connectivity index (χ3n) is 7.57. The molecule has 1 N–H and O–H groups in total. The van der Waals surface area contributed by atoms with Crippen molar-refractivity contribution in [3.63, 3.8) is 0 Å². The first-order valence-electron chi connectivity index (χ1n) is 12.5. The summed E-state index contributed by atoms with van der Waals surface area (Å²) in [6.45, 7) is 4.72. The Morgan fingerprint density at radius 2 is 1.87 bits per heavy atom. The lowest BCUT2D eigenvalue weighted by Crippen LogP contribution is -2.58. The molecule has 1 aromatic carbocycles. The normalized spacial score (nSPS) is 16.9. The van der Waals surface area contributed by atoms with Crippen molar-refractivity contribution in [3.8, 4) is 22.9 Å². The van der Waals surface area contributed by atoms with E-state index in [-0.39, 0.29) is 11.4 Å². The van der Waals surface area contributed by atoms with Gasteiger partial charge in [-0.3, -0.25) is 9.36 Å². The molecule has 11 nitrogen and oxygen atoms in total. The van der Waals surface area contributed by atoms with Crippen molar-refractivity contribution in [2.75, 3.05) is 11.4 Å². The van der Waals surface area contributed by atoms with E-state index in [0.717, 1.165) is 34.2 Å². The van der Waals surface area contributed by atoms with Gasteiger partial charge in [0.25, 0.3) is 5.56 Å². The average Bonchev–Trinajstić information content (AvgIpc) is 3.57. The van der Waals surface area contributed by atoms with Gasteiger partial charge in [0.1, 0.15) is 34.9 Å². The van der Waals surface area contributed by atoms with Crippen LogP contribution in [0.3, 0.4) is 0 Å². The number of aromatic nitrogens is 8. The topological polar surface area (TPSA) is 134 Å². The van der Waals surface area contributed by atoms with Crippen molar-refractivity contribution in [2.45, 2.75) is 25.8 Å². The summed E-state index contributed by atoms with van der Waals surface area (Å²) >= 11 is 0. The number of anilines is 1. The number of hydrogen-bond acceptors (Lipinski definition) is 8. The molecule has 0 aliphatic carbocycles. The Hall–Kier alpha value is -5.37. The fraction of sp³-hybridized carbons (Fsp3) is 0.179. The number of nitrogens with zero attached hydrogens (tertiary/aromatic N) is 9. The zero-order valence-corrected chi connectivity index (χ0v) is 21.2. The zero-order valence-electron chi connectivity index (χ0n) is 21.2. The number of aromatic amines is 1. The molecule has 1 saturated heterocycles. The summed E-state index contributed by atoms with van der Waals surface area (Å²) in [6.07, 6.45) is 9.21. The lowest BCUT2D eigenvalue weighted by Gasteiger charge is -2.51. The highest BCUT2D eigenvalue weighted by atomic mass is 16.1. The molecule has 1 unspecified atom stereocenters. The predicted molar refractivity (Wildman–Crippen MR) is 144 cm³/mol. The maximum atomic E-state index is 13.9. The number of hydrogen-bond donors (Lipinski definition) is 1. The highest BCUT2D eigenvalue weighted by Crippen LogP contribution is 2.45. The fourth-order valence-corrected chi connectivity index (χ4v) is 5.42. The largest absolute Gasteiger partial charge is 0.345 e. The third kappa shape index (κ3) is 3.28. The standard InChI is InChI=1S/C28H22N10O/c1-17-8-10-37-23(17)26(39)38(19-6-4-3-5-7-19)27(35-37)28(2)9-11-36(28)25-22-20(15-32-24(22)33-16-34-25)18-13-30-21(12-29)31-14-18/h3-8,10,13-16H,9,11H2,1-2H3,(H,32,33,34). The summed E-state index contributed by atoms with van der Waals surface area (Å²) in [5.41, 5.74) is 3.65. The molecule has 6 heterocycles. The Bertz CT molecular complexity index is 1980. The van der Waals surface area contributed by atoms with Gasteiger partial charge >= 0.3 is 0 Å². The minimum Gasteiger partial charge on any atom is -0.345 e. The van der Waals surface area contributed by atoms with Crippen molar-refractivity contribution in [3.05, 3.63) is 95.1 Å². The van der Waals surface area contributed by atoms with Crippen LogP contribution in [-0.4, -0.2) is 45.6 Å². The highest BCUT2D eigenvalue weighted by Gasteiger charge is 2.48. The molecular formula is C28H22N10O. The van der Waals surface area contributed by atoms with Gasteiger partial charge in [0, 0.05) is 42.5 Å². The van der Waals surface area contributed by atoms with Crippen molar-refractivity contribution in [2.24, 2.45) is 0 Å². The number of fused-ring (bicyclic) bond motifs is 2. The molecule has 1 fully saturated rings. The monoisotopic (exact) mass is 514 g/mol. The van der Waals surface area contributed by atoms with Gasteiger partial charge < -0.3 is 9.88 Å². The smallest absolute Gasteiger partial charge is 0.282 e. The van der Waals surface area contributed by atoms with Crippen LogP contribution in [0.5, 0.6) is 0 Å². The molecule has 1 aliphatic rings. The van der Waals surface area contributed by atoms with Crippen LogP contribution in [0.2, 0.25) is 0 Å². The van der Waals surface area contributed by atoms with Crippen LogP contribution in [0.1, 0.15) is 30.6 Å². The van der Waals surface area contributed by atoms with Crippen molar-refractivity contribution < 1.29 is 0 Å². The molecule has 190 valence electrons. The number of benzene rings is 1. The Balaban J connectivity index is 1.44. The van der Waals surface area contributed by atoms with E-state index in [1.54, 1.807) is 21.5 Å². The van der Waals surface area contributed by atoms with E-state index in [1.165, 1.54) is 6.33 Å². The first kappa shape index (κ1) is 22.8. The zero-order chi connectivity index (χ0) is 26.7.